The number of phenols is 1. The maximum Gasteiger partial charge on any atom is 0.256 e. The van der Waals surface area contributed by atoms with E-state index in [-0.39, 0.29) is 11.7 Å². The Morgan fingerprint density at radius 1 is 0.909 bits per heavy atom. The fraction of sp³-hybridized carbons (Fsp3) is 0. The van der Waals surface area contributed by atoms with Gasteiger partial charge in [-0.15, -0.1) is 0 Å². The number of anilines is 1. The van der Waals surface area contributed by atoms with Crippen molar-refractivity contribution in [2.75, 3.05) is 5.32 Å². The van der Waals surface area contributed by atoms with E-state index < -0.39 is 0 Å². The first-order valence-corrected chi connectivity index (χ1v) is 7.07. The van der Waals surface area contributed by atoms with Gasteiger partial charge in [0.05, 0.1) is 0 Å². The van der Waals surface area contributed by atoms with Crippen LogP contribution in [0.25, 0.3) is 22.4 Å². The van der Waals surface area contributed by atoms with Gasteiger partial charge in [-0.3, -0.25) is 4.79 Å². The fourth-order valence-corrected chi connectivity index (χ4v) is 2.83. The SMILES string of the molecule is O=C1Nc2ccccc2C1=Cc1ccc2ccccc2c1O. The summed E-state index contributed by atoms with van der Waals surface area (Å²) in [5, 5.41) is 15.1. The predicted octanol–water partition coefficient (Wildman–Crippen LogP) is 4.04. The molecule has 3 aromatic carbocycles. The van der Waals surface area contributed by atoms with Crippen molar-refractivity contribution < 1.29 is 9.90 Å². The number of amides is 1. The van der Waals surface area contributed by atoms with Gasteiger partial charge in [-0.2, -0.15) is 0 Å². The molecule has 0 saturated heterocycles. The number of rotatable bonds is 1. The number of para-hydroxylation sites is 1. The quantitative estimate of drug-likeness (QED) is 0.664. The Balaban J connectivity index is 1.90. The van der Waals surface area contributed by atoms with E-state index in [1.807, 2.05) is 60.7 Å². The van der Waals surface area contributed by atoms with Gasteiger partial charge >= 0.3 is 0 Å². The second-order valence-corrected chi connectivity index (χ2v) is 5.28. The van der Waals surface area contributed by atoms with Crippen molar-refractivity contribution in [3.8, 4) is 5.75 Å². The molecule has 2 N–H and O–H groups in total. The van der Waals surface area contributed by atoms with Crippen LogP contribution in [0.5, 0.6) is 5.75 Å². The minimum absolute atomic E-state index is 0.145. The molecule has 3 aromatic rings. The lowest BCUT2D eigenvalue weighted by Gasteiger charge is -2.05. The molecule has 1 heterocycles. The van der Waals surface area contributed by atoms with Gasteiger partial charge in [-0.25, -0.2) is 0 Å². The van der Waals surface area contributed by atoms with Gasteiger partial charge in [0.15, 0.2) is 0 Å². The van der Waals surface area contributed by atoms with E-state index in [9.17, 15) is 9.90 Å². The zero-order valence-electron chi connectivity index (χ0n) is 11.7. The molecule has 1 aliphatic rings. The Morgan fingerprint density at radius 3 is 2.59 bits per heavy atom. The van der Waals surface area contributed by atoms with Crippen molar-refractivity contribution in [1.82, 2.24) is 0 Å². The van der Waals surface area contributed by atoms with Crippen LogP contribution in [-0.2, 0) is 4.79 Å². The highest BCUT2D eigenvalue weighted by Gasteiger charge is 2.23. The van der Waals surface area contributed by atoms with Gasteiger partial charge in [-0.05, 0) is 17.5 Å². The summed E-state index contributed by atoms with van der Waals surface area (Å²) in [6.45, 7) is 0. The Labute approximate surface area is 127 Å². The maximum absolute atomic E-state index is 12.1. The number of hydrogen-bond acceptors (Lipinski definition) is 2. The number of benzene rings is 3. The van der Waals surface area contributed by atoms with Crippen LogP contribution in [0.15, 0.2) is 60.7 Å². The summed E-state index contributed by atoms with van der Waals surface area (Å²) in [5.74, 6) is 0.0524. The number of phenolic OH excluding ortho intramolecular Hbond substituents is 1. The molecular formula is C19H13NO2. The number of nitrogens with one attached hydrogen (secondary N) is 1. The van der Waals surface area contributed by atoms with Gasteiger partial charge < -0.3 is 10.4 Å². The zero-order chi connectivity index (χ0) is 15.1. The van der Waals surface area contributed by atoms with E-state index in [0.717, 1.165) is 22.0 Å². The lowest BCUT2D eigenvalue weighted by molar-refractivity contribution is -0.110. The van der Waals surface area contributed by atoms with E-state index in [4.69, 9.17) is 0 Å². The summed E-state index contributed by atoms with van der Waals surface area (Å²) in [4.78, 5) is 12.1. The second kappa shape index (κ2) is 4.74. The van der Waals surface area contributed by atoms with Crippen LogP contribution >= 0.6 is 0 Å². The topological polar surface area (TPSA) is 49.3 Å². The highest BCUT2D eigenvalue weighted by atomic mass is 16.3. The van der Waals surface area contributed by atoms with Crippen LogP contribution in [0.3, 0.4) is 0 Å². The van der Waals surface area contributed by atoms with Crippen molar-refractivity contribution in [2.24, 2.45) is 0 Å². The highest BCUT2D eigenvalue weighted by molar-refractivity contribution is 6.35. The van der Waals surface area contributed by atoms with E-state index >= 15 is 0 Å². The number of carbonyl (C=O) groups excluding carboxylic acids is 1. The first kappa shape index (κ1) is 12.7. The van der Waals surface area contributed by atoms with Gasteiger partial charge in [0.2, 0.25) is 0 Å². The normalized spacial score (nSPS) is 15.1. The van der Waals surface area contributed by atoms with Crippen LogP contribution in [0.4, 0.5) is 5.69 Å². The second-order valence-electron chi connectivity index (χ2n) is 5.28. The first-order valence-electron chi connectivity index (χ1n) is 7.07. The summed E-state index contributed by atoms with van der Waals surface area (Å²) in [6.07, 6.45) is 1.74. The van der Waals surface area contributed by atoms with Gasteiger partial charge in [0.1, 0.15) is 5.75 Å². The molecule has 1 aliphatic heterocycles. The molecule has 0 bridgehead atoms. The van der Waals surface area contributed by atoms with Crippen molar-refractivity contribution in [3.05, 3.63) is 71.8 Å². The molecule has 0 unspecified atom stereocenters. The molecule has 3 heteroatoms. The van der Waals surface area contributed by atoms with Crippen LogP contribution in [0, 0.1) is 0 Å². The molecule has 0 aliphatic carbocycles. The Hall–Kier alpha value is -3.07. The third-order valence-corrected chi connectivity index (χ3v) is 3.94. The zero-order valence-corrected chi connectivity index (χ0v) is 11.7. The highest BCUT2D eigenvalue weighted by Crippen LogP contribution is 2.36. The largest absolute Gasteiger partial charge is 0.507 e. The van der Waals surface area contributed by atoms with Gasteiger partial charge in [-0.1, -0.05) is 54.6 Å². The Bertz CT molecular complexity index is 941. The molecule has 0 aromatic heterocycles. The van der Waals surface area contributed by atoms with E-state index in [0.29, 0.717) is 11.1 Å². The third kappa shape index (κ3) is 1.87. The summed E-state index contributed by atoms with van der Waals surface area (Å²) in [5.41, 5.74) is 2.88. The molecule has 1 amide bonds. The van der Waals surface area contributed by atoms with Crippen LogP contribution in [0.1, 0.15) is 11.1 Å². The number of hydrogen-bond donors (Lipinski definition) is 2. The van der Waals surface area contributed by atoms with E-state index in [1.165, 1.54) is 0 Å². The van der Waals surface area contributed by atoms with Gasteiger partial charge in [0.25, 0.3) is 5.91 Å². The first-order chi connectivity index (χ1) is 10.7. The summed E-state index contributed by atoms with van der Waals surface area (Å²) < 4.78 is 0. The summed E-state index contributed by atoms with van der Waals surface area (Å²) in [7, 11) is 0. The van der Waals surface area contributed by atoms with Crippen molar-refractivity contribution >= 4 is 34.0 Å². The standard InChI is InChI=1S/C19H13NO2/c21-18-13(10-9-12-5-1-2-6-14(12)18)11-16-15-7-3-4-8-17(15)20-19(16)22/h1-11,21H,(H,20,22). The molecule has 0 fully saturated rings. The predicted molar refractivity (Wildman–Crippen MR) is 88.6 cm³/mol. The van der Waals surface area contributed by atoms with E-state index in [1.54, 1.807) is 6.08 Å². The summed E-state index contributed by atoms with van der Waals surface area (Å²) in [6, 6.07) is 19.0. The van der Waals surface area contributed by atoms with Crippen LogP contribution in [-0.4, -0.2) is 11.0 Å². The number of aromatic hydroxyl groups is 1. The van der Waals surface area contributed by atoms with Gasteiger partial charge in [0, 0.05) is 27.8 Å². The summed E-state index contributed by atoms with van der Waals surface area (Å²) >= 11 is 0. The molecule has 0 atom stereocenters. The number of carbonyl (C=O) groups is 1. The lowest BCUT2D eigenvalue weighted by Crippen LogP contribution is -2.03. The molecule has 106 valence electrons. The molecule has 4 rings (SSSR count). The molecule has 0 radical (unpaired) electrons. The molecule has 0 saturated carbocycles. The molecular weight excluding hydrogens is 274 g/mol. The smallest absolute Gasteiger partial charge is 0.256 e. The Morgan fingerprint density at radius 2 is 1.68 bits per heavy atom. The van der Waals surface area contributed by atoms with Crippen molar-refractivity contribution in [3.63, 3.8) is 0 Å². The van der Waals surface area contributed by atoms with Crippen LogP contribution in [0.2, 0.25) is 0 Å². The average Bonchev–Trinajstić information content (AvgIpc) is 2.86. The molecule has 22 heavy (non-hydrogen) atoms. The van der Waals surface area contributed by atoms with Crippen LogP contribution < -0.4 is 5.32 Å². The maximum atomic E-state index is 12.1. The average molecular weight is 287 g/mol. The van der Waals surface area contributed by atoms with E-state index in [2.05, 4.69) is 5.32 Å². The van der Waals surface area contributed by atoms with Crippen molar-refractivity contribution in [2.45, 2.75) is 0 Å². The lowest BCUT2D eigenvalue weighted by atomic mass is 10.0. The van der Waals surface area contributed by atoms with Crippen molar-refractivity contribution in [1.29, 1.82) is 0 Å². The minimum Gasteiger partial charge on any atom is -0.507 e. The third-order valence-electron chi connectivity index (χ3n) is 3.94. The minimum atomic E-state index is -0.145. The fourth-order valence-electron chi connectivity index (χ4n) is 2.83. The number of fused-ring (bicyclic) bond motifs is 2. The Kier molecular flexibility index (Phi) is 2.73. The molecule has 0 spiro atoms. The molecule has 3 nitrogen and oxygen atoms in total. The monoisotopic (exact) mass is 287 g/mol.